The van der Waals surface area contributed by atoms with Crippen molar-refractivity contribution < 1.29 is 18.0 Å². The van der Waals surface area contributed by atoms with Crippen molar-refractivity contribution in [2.24, 2.45) is 0 Å². The lowest BCUT2D eigenvalue weighted by Crippen LogP contribution is -2.14. The van der Waals surface area contributed by atoms with Gasteiger partial charge in [-0.3, -0.25) is 4.79 Å². The molecule has 2 nitrogen and oxygen atoms in total. The van der Waals surface area contributed by atoms with Crippen LogP contribution in [0.25, 0.3) is 0 Å². The number of rotatable bonds is 4. The zero-order valence-corrected chi connectivity index (χ0v) is 13.0. The van der Waals surface area contributed by atoms with E-state index >= 15 is 0 Å². The molecule has 0 aliphatic rings. The topological polar surface area (TPSA) is 29.1 Å². The Kier molecular flexibility index (Phi) is 5.24. The van der Waals surface area contributed by atoms with Crippen LogP contribution in [0.15, 0.2) is 53.0 Å². The van der Waals surface area contributed by atoms with Gasteiger partial charge in [0.05, 0.1) is 5.56 Å². The molecule has 0 saturated heterocycles. The molecule has 116 valence electrons. The number of alkyl halides is 3. The number of hydrogen-bond donors (Lipinski definition) is 1. The lowest BCUT2D eigenvalue weighted by Gasteiger charge is -2.12. The Labute approximate surface area is 134 Å². The fraction of sp³-hybridized carbons (Fsp3) is 0.188. The van der Waals surface area contributed by atoms with Gasteiger partial charge in [-0.05, 0) is 30.2 Å². The van der Waals surface area contributed by atoms with Gasteiger partial charge in [0.15, 0.2) is 0 Å². The lowest BCUT2D eigenvalue weighted by atomic mass is 10.1. The van der Waals surface area contributed by atoms with Crippen LogP contribution in [-0.2, 0) is 17.4 Å². The Bertz CT molecular complexity index is 656. The SMILES string of the molecule is O=C(CCc1ccccc1)Nc1ccc(Br)c(C(F)(F)F)c1. The average Bonchev–Trinajstić information content (AvgIpc) is 2.47. The van der Waals surface area contributed by atoms with Crippen LogP contribution in [0.5, 0.6) is 0 Å². The molecule has 6 heteroatoms. The number of carbonyl (C=O) groups is 1. The highest BCUT2D eigenvalue weighted by Crippen LogP contribution is 2.36. The van der Waals surface area contributed by atoms with Crippen molar-refractivity contribution in [3.05, 3.63) is 64.1 Å². The molecule has 2 aromatic rings. The van der Waals surface area contributed by atoms with E-state index in [0.29, 0.717) is 6.42 Å². The van der Waals surface area contributed by atoms with E-state index in [9.17, 15) is 18.0 Å². The molecule has 0 radical (unpaired) electrons. The van der Waals surface area contributed by atoms with Crippen molar-refractivity contribution in [1.82, 2.24) is 0 Å². The molecule has 0 unspecified atom stereocenters. The molecule has 0 atom stereocenters. The second-order valence-electron chi connectivity index (χ2n) is 4.73. The number of anilines is 1. The van der Waals surface area contributed by atoms with Crippen molar-refractivity contribution >= 4 is 27.5 Å². The monoisotopic (exact) mass is 371 g/mol. The van der Waals surface area contributed by atoms with Crippen molar-refractivity contribution in [3.63, 3.8) is 0 Å². The first kappa shape index (κ1) is 16.5. The first-order chi connectivity index (χ1) is 10.4. The summed E-state index contributed by atoms with van der Waals surface area (Å²) in [6, 6.07) is 13.0. The van der Waals surface area contributed by atoms with Gasteiger partial charge in [0.2, 0.25) is 5.91 Å². The number of aryl methyl sites for hydroxylation is 1. The van der Waals surface area contributed by atoms with E-state index < -0.39 is 11.7 Å². The molecule has 0 aromatic heterocycles. The Morgan fingerprint density at radius 2 is 1.77 bits per heavy atom. The summed E-state index contributed by atoms with van der Waals surface area (Å²) >= 11 is 2.86. The molecule has 0 fully saturated rings. The van der Waals surface area contributed by atoms with Crippen LogP contribution in [-0.4, -0.2) is 5.91 Å². The zero-order valence-electron chi connectivity index (χ0n) is 11.5. The Balaban J connectivity index is 2.00. The van der Waals surface area contributed by atoms with Crippen LogP contribution < -0.4 is 5.32 Å². The average molecular weight is 372 g/mol. The predicted molar refractivity (Wildman–Crippen MR) is 82.5 cm³/mol. The van der Waals surface area contributed by atoms with Gasteiger partial charge in [0.1, 0.15) is 0 Å². The molecule has 0 heterocycles. The van der Waals surface area contributed by atoms with E-state index in [-0.39, 0.29) is 22.5 Å². The number of benzene rings is 2. The molecular formula is C16H13BrF3NO. The van der Waals surface area contributed by atoms with E-state index in [0.717, 1.165) is 11.6 Å². The maximum atomic E-state index is 12.8. The number of halogens is 4. The minimum absolute atomic E-state index is 0.0534. The largest absolute Gasteiger partial charge is 0.417 e. The standard InChI is InChI=1S/C16H13BrF3NO/c17-14-8-7-12(10-13(14)16(18,19)20)21-15(22)9-6-11-4-2-1-3-5-11/h1-5,7-8,10H,6,9H2,(H,21,22). The molecule has 2 aromatic carbocycles. The fourth-order valence-electron chi connectivity index (χ4n) is 1.95. The van der Waals surface area contributed by atoms with Gasteiger partial charge >= 0.3 is 6.18 Å². The molecule has 0 aliphatic heterocycles. The molecule has 0 spiro atoms. The Morgan fingerprint density at radius 3 is 2.41 bits per heavy atom. The molecule has 2 rings (SSSR count). The first-order valence-corrected chi connectivity index (χ1v) is 7.36. The molecular weight excluding hydrogens is 359 g/mol. The van der Waals surface area contributed by atoms with E-state index in [2.05, 4.69) is 21.2 Å². The summed E-state index contributed by atoms with van der Waals surface area (Å²) in [5.74, 6) is -0.320. The molecule has 0 bridgehead atoms. The van der Waals surface area contributed by atoms with Crippen LogP contribution in [0.4, 0.5) is 18.9 Å². The summed E-state index contributed by atoms with van der Waals surface area (Å²) in [5, 5.41) is 2.49. The number of hydrogen-bond acceptors (Lipinski definition) is 1. The summed E-state index contributed by atoms with van der Waals surface area (Å²) < 4.78 is 38.3. The van der Waals surface area contributed by atoms with Gasteiger partial charge in [-0.2, -0.15) is 13.2 Å². The van der Waals surface area contributed by atoms with Gasteiger partial charge in [0, 0.05) is 16.6 Å². The molecule has 0 aliphatic carbocycles. The highest BCUT2D eigenvalue weighted by molar-refractivity contribution is 9.10. The first-order valence-electron chi connectivity index (χ1n) is 6.57. The van der Waals surface area contributed by atoms with Crippen molar-refractivity contribution in [3.8, 4) is 0 Å². The maximum Gasteiger partial charge on any atom is 0.417 e. The summed E-state index contributed by atoms with van der Waals surface area (Å²) in [5.41, 5.74) is 0.325. The molecule has 1 N–H and O–H groups in total. The highest BCUT2D eigenvalue weighted by atomic mass is 79.9. The molecule has 22 heavy (non-hydrogen) atoms. The highest BCUT2D eigenvalue weighted by Gasteiger charge is 2.33. The summed E-state index contributed by atoms with van der Waals surface area (Å²) in [7, 11) is 0. The summed E-state index contributed by atoms with van der Waals surface area (Å²) in [6.45, 7) is 0. The quantitative estimate of drug-likeness (QED) is 0.801. The fourth-order valence-corrected chi connectivity index (χ4v) is 2.42. The summed E-state index contributed by atoms with van der Waals surface area (Å²) in [4.78, 5) is 11.8. The van der Waals surface area contributed by atoms with Crippen molar-refractivity contribution in [2.75, 3.05) is 5.32 Å². The van der Waals surface area contributed by atoms with Crippen molar-refractivity contribution in [2.45, 2.75) is 19.0 Å². The van der Waals surface area contributed by atoms with E-state index in [1.807, 2.05) is 30.3 Å². The van der Waals surface area contributed by atoms with Crippen LogP contribution in [0.2, 0.25) is 0 Å². The van der Waals surface area contributed by atoms with Crippen molar-refractivity contribution in [1.29, 1.82) is 0 Å². The van der Waals surface area contributed by atoms with Gasteiger partial charge in [-0.15, -0.1) is 0 Å². The normalized spacial score (nSPS) is 11.3. The smallest absolute Gasteiger partial charge is 0.326 e. The third-order valence-electron chi connectivity index (χ3n) is 3.04. The second kappa shape index (κ2) is 6.96. The zero-order chi connectivity index (χ0) is 16.2. The van der Waals surface area contributed by atoms with E-state index in [4.69, 9.17) is 0 Å². The summed E-state index contributed by atoms with van der Waals surface area (Å²) in [6.07, 6.45) is -3.72. The van der Waals surface area contributed by atoms with E-state index in [1.165, 1.54) is 12.1 Å². The van der Waals surface area contributed by atoms with Gasteiger partial charge in [-0.25, -0.2) is 0 Å². The molecule has 1 amide bonds. The van der Waals surface area contributed by atoms with E-state index in [1.54, 1.807) is 0 Å². The third-order valence-corrected chi connectivity index (χ3v) is 3.73. The second-order valence-corrected chi connectivity index (χ2v) is 5.58. The number of nitrogens with one attached hydrogen (secondary N) is 1. The predicted octanol–water partition coefficient (Wildman–Crippen LogP) is 5.04. The molecule has 0 saturated carbocycles. The number of carbonyl (C=O) groups excluding carboxylic acids is 1. The van der Waals surface area contributed by atoms with Crippen LogP contribution in [0.3, 0.4) is 0 Å². The third kappa shape index (κ3) is 4.59. The Hall–Kier alpha value is -1.82. The van der Waals surface area contributed by atoms with Gasteiger partial charge in [0.25, 0.3) is 0 Å². The van der Waals surface area contributed by atoms with Crippen LogP contribution in [0, 0.1) is 0 Å². The maximum absolute atomic E-state index is 12.8. The minimum Gasteiger partial charge on any atom is -0.326 e. The van der Waals surface area contributed by atoms with Gasteiger partial charge in [-0.1, -0.05) is 46.3 Å². The minimum atomic E-state index is -4.47. The Morgan fingerprint density at radius 1 is 1.09 bits per heavy atom. The number of amides is 1. The van der Waals surface area contributed by atoms with Crippen LogP contribution >= 0.6 is 15.9 Å². The van der Waals surface area contributed by atoms with Crippen LogP contribution in [0.1, 0.15) is 17.5 Å². The lowest BCUT2D eigenvalue weighted by molar-refractivity contribution is -0.138. The van der Waals surface area contributed by atoms with Gasteiger partial charge < -0.3 is 5.32 Å².